The van der Waals surface area contributed by atoms with Gasteiger partial charge in [-0.2, -0.15) is 0 Å². The lowest BCUT2D eigenvalue weighted by molar-refractivity contribution is -0.136. The van der Waals surface area contributed by atoms with Crippen LogP contribution in [0.4, 0.5) is 0 Å². The van der Waals surface area contributed by atoms with Gasteiger partial charge in [0.05, 0.1) is 0 Å². The van der Waals surface area contributed by atoms with Crippen molar-refractivity contribution in [1.82, 2.24) is 15.1 Å². The molecule has 0 aromatic heterocycles. The summed E-state index contributed by atoms with van der Waals surface area (Å²) in [6.45, 7) is 4.35. The summed E-state index contributed by atoms with van der Waals surface area (Å²) >= 11 is 0. The lowest BCUT2D eigenvalue weighted by Crippen LogP contribution is -2.52. The largest absolute Gasteiger partial charge is 0.492 e. The number of carbonyl (C=O) groups is 3. The quantitative estimate of drug-likeness (QED) is 0.765. The third kappa shape index (κ3) is 3.12. The van der Waals surface area contributed by atoms with Gasteiger partial charge in [-0.15, -0.1) is 0 Å². The molecule has 1 aromatic carbocycles. The molecular weight excluding hydrogens is 370 g/mol. The monoisotopic (exact) mass is 397 g/mol. The van der Waals surface area contributed by atoms with E-state index in [2.05, 4.69) is 17.1 Å². The molecule has 3 amide bonds. The Labute approximate surface area is 170 Å². The van der Waals surface area contributed by atoms with Crippen molar-refractivity contribution in [3.05, 3.63) is 29.3 Å². The molecule has 1 saturated carbocycles. The van der Waals surface area contributed by atoms with Crippen LogP contribution >= 0.6 is 0 Å². The second-order valence-electron chi connectivity index (χ2n) is 8.65. The van der Waals surface area contributed by atoms with Crippen molar-refractivity contribution >= 4 is 17.7 Å². The molecular formula is C22H27N3O4. The SMILES string of the molecule is CCN1[C@@H]2CC[C@@H](C2)[C@@H]1COc1ccc2c(c1)CN(C1CCC(=O)NC1=O)C2=O. The van der Waals surface area contributed by atoms with E-state index in [1.54, 1.807) is 11.0 Å². The maximum atomic E-state index is 12.8. The summed E-state index contributed by atoms with van der Waals surface area (Å²) in [4.78, 5) is 40.5. The zero-order valence-electron chi connectivity index (χ0n) is 16.7. The van der Waals surface area contributed by atoms with Gasteiger partial charge in [0.1, 0.15) is 18.4 Å². The minimum Gasteiger partial charge on any atom is -0.492 e. The highest BCUT2D eigenvalue weighted by Gasteiger charge is 2.45. The first-order valence-electron chi connectivity index (χ1n) is 10.7. The van der Waals surface area contributed by atoms with Crippen molar-refractivity contribution in [1.29, 1.82) is 0 Å². The standard InChI is InChI=1S/C22H27N3O4/c1-2-24-15-4-3-13(9-15)19(24)12-29-16-5-6-17-14(10-16)11-25(22(17)28)18-7-8-20(26)23-21(18)27/h5-6,10,13,15,18-19H,2-4,7-9,11-12H2,1H3,(H,23,26,27)/t13-,15+,18?,19-/m0/s1. The number of hydrogen-bond acceptors (Lipinski definition) is 5. The predicted octanol–water partition coefficient (Wildman–Crippen LogP) is 1.70. The van der Waals surface area contributed by atoms with E-state index in [4.69, 9.17) is 4.74 Å². The number of imide groups is 1. The second-order valence-corrected chi connectivity index (χ2v) is 8.65. The second kappa shape index (κ2) is 7.13. The molecule has 1 N–H and O–H groups in total. The summed E-state index contributed by atoms with van der Waals surface area (Å²) in [5.74, 6) is 0.716. The van der Waals surface area contributed by atoms with Crippen molar-refractivity contribution in [2.45, 2.75) is 63.7 Å². The van der Waals surface area contributed by atoms with Crippen LogP contribution in [-0.4, -0.2) is 58.8 Å². The Morgan fingerprint density at radius 3 is 2.83 bits per heavy atom. The number of rotatable bonds is 5. The van der Waals surface area contributed by atoms with E-state index >= 15 is 0 Å². The average Bonchev–Trinajstić information content (AvgIpc) is 3.40. The van der Waals surface area contributed by atoms with Gasteiger partial charge in [0.25, 0.3) is 5.91 Å². The minimum atomic E-state index is -0.580. The van der Waals surface area contributed by atoms with Crippen LogP contribution in [0, 0.1) is 5.92 Å². The molecule has 2 saturated heterocycles. The van der Waals surface area contributed by atoms with Gasteiger partial charge >= 0.3 is 0 Å². The van der Waals surface area contributed by atoms with E-state index in [0.717, 1.165) is 29.8 Å². The van der Waals surface area contributed by atoms with Crippen LogP contribution < -0.4 is 10.1 Å². The number of amides is 3. The van der Waals surface area contributed by atoms with Gasteiger partial charge in [-0.25, -0.2) is 0 Å². The molecule has 4 aliphatic rings. The summed E-state index contributed by atoms with van der Waals surface area (Å²) in [7, 11) is 0. The lowest BCUT2D eigenvalue weighted by atomic mass is 9.99. The van der Waals surface area contributed by atoms with Gasteiger partial charge in [0.15, 0.2) is 0 Å². The summed E-state index contributed by atoms with van der Waals surface area (Å²) in [5, 5.41) is 2.34. The molecule has 7 heteroatoms. The molecule has 29 heavy (non-hydrogen) atoms. The molecule has 3 aliphatic heterocycles. The van der Waals surface area contributed by atoms with Crippen molar-refractivity contribution < 1.29 is 19.1 Å². The lowest BCUT2D eigenvalue weighted by Gasteiger charge is -2.34. The van der Waals surface area contributed by atoms with Crippen LogP contribution in [0.15, 0.2) is 18.2 Å². The van der Waals surface area contributed by atoms with E-state index in [0.29, 0.717) is 31.2 Å². The first kappa shape index (κ1) is 18.6. The highest BCUT2D eigenvalue weighted by Crippen LogP contribution is 2.42. The fraction of sp³-hybridized carbons (Fsp3) is 0.591. The van der Waals surface area contributed by atoms with Crippen LogP contribution in [-0.2, 0) is 16.1 Å². The molecule has 0 spiro atoms. The number of likely N-dealkylation sites (N-methyl/N-ethyl adjacent to an activating group) is 1. The third-order valence-corrected chi connectivity index (χ3v) is 7.17. The molecule has 3 fully saturated rings. The Bertz CT molecular complexity index is 870. The van der Waals surface area contributed by atoms with E-state index in [1.165, 1.54) is 19.3 Å². The van der Waals surface area contributed by atoms with E-state index in [9.17, 15) is 14.4 Å². The smallest absolute Gasteiger partial charge is 0.255 e. The number of carbonyl (C=O) groups excluding carboxylic acids is 3. The molecule has 5 rings (SSSR count). The number of hydrogen-bond donors (Lipinski definition) is 1. The molecule has 3 heterocycles. The number of piperidine rings is 2. The van der Waals surface area contributed by atoms with E-state index in [1.807, 2.05) is 12.1 Å². The van der Waals surface area contributed by atoms with Crippen molar-refractivity contribution in [3.8, 4) is 5.75 Å². The molecule has 0 radical (unpaired) electrons. The van der Waals surface area contributed by atoms with E-state index < -0.39 is 6.04 Å². The van der Waals surface area contributed by atoms with E-state index in [-0.39, 0.29) is 24.1 Å². The maximum absolute atomic E-state index is 12.8. The maximum Gasteiger partial charge on any atom is 0.255 e. The van der Waals surface area contributed by atoms with Crippen LogP contribution in [0.1, 0.15) is 54.9 Å². The summed E-state index contributed by atoms with van der Waals surface area (Å²) in [5.41, 5.74) is 1.51. The number of nitrogens with one attached hydrogen (secondary N) is 1. The van der Waals surface area contributed by atoms with Crippen LogP contribution in [0.3, 0.4) is 0 Å². The Hall–Kier alpha value is -2.41. The highest BCUT2D eigenvalue weighted by molar-refractivity contribution is 6.05. The van der Waals surface area contributed by atoms with Crippen molar-refractivity contribution in [3.63, 3.8) is 0 Å². The number of fused-ring (bicyclic) bond motifs is 3. The summed E-state index contributed by atoms with van der Waals surface area (Å²) in [6, 6.07) is 6.21. The summed E-state index contributed by atoms with van der Waals surface area (Å²) < 4.78 is 6.16. The van der Waals surface area contributed by atoms with Gasteiger partial charge in [-0.3, -0.25) is 24.6 Å². The van der Waals surface area contributed by atoms with Gasteiger partial charge < -0.3 is 9.64 Å². The molecule has 4 atom stereocenters. The molecule has 1 aliphatic carbocycles. The molecule has 7 nitrogen and oxygen atoms in total. The highest BCUT2D eigenvalue weighted by atomic mass is 16.5. The molecule has 154 valence electrons. The predicted molar refractivity (Wildman–Crippen MR) is 105 cm³/mol. The topological polar surface area (TPSA) is 79.0 Å². The van der Waals surface area contributed by atoms with Gasteiger partial charge in [-0.1, -0.05) is 6.92 Å². The Kier molecular flexibility index (Phi) is 4.57. The number of benzene rings is 1. The van der Waals surface area contributed by atoms with Gasteiger partial charge in [0, 0.05) is 30.6 Å². The first-order chi connectivity index (χ1) is 14.0. The van der Waals surface area contributed by atoms with Gasteiger partial charge in [-0.05, 0) is 61.9 Å². The molecule has 1 aromatic rings. The van der Waals surface area contributed by atoms with Gasteiger partial charge in [0.2, 0.25) is 11.8 Å². The third-order valence-electron chi connectivity index (χ3n) is 7.17. The normalized spacial score (nSPS) is 31.3. The summed E-state index contributed by atoms with van der Waals surface area (Å²) in [6.07, 6.45) is 4.55. The van der Waals surface area contributed by atoms with Crippen LogP contribution in [0.25, 0.3) is 0 Å². The zero-order valence-corrected chi connectivity index (χ0v) is 16.7. The zero-order chi connectivity index (χ0) is 20.1. The Morgan fingerprint density at radius 2 is 2.03 bits per heavy atom. The number of likely N-dealkylation sites (tertiary alicyclic amines) is 1. The minimum absolute atomic E-state index is 0.147. The van der Waals surface area contributed by atoms with Crippen molar-refractivity contribution in [2.75, 3.05) is 13.2 Å². The van der Waals surface area contributed by atoms with Crippen LogP contribution in [0.2, 0.25) is 0 Å². The van der Waals surface area contributed by atoms with Crippen LogP contribution in [0.5, 0.6) is 5.75 Å². The fourth-order valence-electron chi connectivity index (χ4n) is 5.73. The molecule has 2 bridgehead atoms. The number of nitrogens with zero attached hydrogens (tertiary/aromatic N) is 2. The first-order valence-corrected chi connectivity index (χ1v) is 10.7. The van der Waals surface area contributed by atoms with Crippen molar-refractivity contribution in [2.24, 2.45) is 5.92 Å². The average molecular weight is 397 g/mol. The number of ether oxygens (including phenoxy) is 1. The molecule has 1 unspecified atom stereocenters. The Morgan fingerprint density at radius 1 is 1.17 bits per heavy atom. The fourth-order valence-corrected chi connectivity index (χ4v) is 5.73. The Balaban J connectivity index is 1.26.